The molecule has 0 aromatic rings. The highest BCUT2D eigenvalue weighted by molar-refractivity contribution is 5.86. The summed E-state index contributed by atoms with van der Waals surface area (Å²) in [5.41, 5.74) is -0.256. The molecule has 2 aliphatic rings. The summed E-state index contributed by atoms with van der Waals surface area (Å²) in [5.74, 6) is -0.577. The molecule has 2 rings (SSSR count). The van der Waals surface area contributed by atoms with Crippen molar-refractivity contribution in [2.24, 2.45) is 17.3 Å². The topological polar surface area (TPSA) is 66.8 Å². The fourth-order valence-electron chi connectivity index (χ4n) is 3.83. The van der Waals surface area contributed by atoms with Crippen LogP contribution < -0.4 is 0 Å². The third-order valence-corrected chi connectivity index (χ3v) is 4.80. The van der Waals surface area contributed by atoms with Crippen LogP contribution >= 0.6 is 0 Å². The standard InChI is InChI=1S/C16H27NO4/c1-9(21-15(2,3)4)7-11(18)17-8-10-12(16(10,5)6)13(17)14(19)20/h9-10,12-13H,7-8H2,1-6H3,(H,19,20)/t9-,10+,12+,13+/m1/s1. The Hall–Kier alpha value is -1.10. The van der Waals surface area contributed by atoms with Crippen molar-refractivity contribution in [3.8, 4) is 0 Å². The maximum absolute atomic E-state index is 12.4. The van der Waals surface area contributed by atoms with Crippen molar-refractivity contribution in [3.63, 3.8) is 0 Å². The zero-order valence-corrected chi connectivity index (χ0v) is 13.8. The molecular formula is C16H27NO4. The second kappa shape index (κ2) is 4.97. The lowest BCUT2D eigenvalue weighted by Gasteiger charge is -2.30. The van der Waals surface area contributed by atoms with E-state index in [0.29, 0.717) is 12.5 Å². The monoisotopic (exact) mass is 297 g/mol. The van der Waals surface area contributed by atoms with Crippen LogP contribution in [0.4, 0.5) is 0 Å². The molecule has 1 saturated heterocycles. The molecule has 0 spiro atoms. The number of hydrogen-bond acceptors (Lipinski definition) is 3. The van der Waals surface area contributed by atoms with Gasteiger partial charge in [0.15, 0.2) is 0 Å². The maximum atomic E-state index is 12.4. The van der Waals surface area contributed by atoms with Crippen LogP contribution in [0.5, 0.6) is 0 Å². The fraction of sp³-hybridized carbons (Fsp3) is 0.875. The molecule has 1 N–H and O–H groups in total. The summed E-state index contributed by atoms with van der Waals surface area (Å²) >= 11 is 0. The number of carbonyl (C=O) groups is 2. The first-order chi connectivity index (χ1) is 9.45. The van der Waals surface area contributed by atoms with Crippen molar-refractivity contribution in [1.29, 1.82) is 0 Å². The van der Waals surface area contributed by atoms with Gasteiger partial charge in [0.1, 0.15) is 6.04 Å². The molecule has 0 aromatic heterocycles. The van der Waals surface area contributed by atoms with Gasteiger partial charge in [-0.2, -0.15) is 0 Å². The Morgan fingerprint density at radius 2 is 1.95 bits per heavy atom. The van der Waals surface area contributed by atoms with Crippen LogP contribution in [0.2, 0.25) is 0 Å². The van der Waals surface area contributed by atoms with Gasteiger partial charge in [0.25, 0.3) is 0 Å². The number of carboxylic acid groups (broad SMARTS) is 1. The summed E-state index contributed by atoms with van der Waals surface area (Å²) in [7, 11) is 0. The molecule has 120 valence electrons. The van der Waals surface area contributed by atoms with E-state index in [0.717, 1.165) is 0 Å². The molecule has 1 aliphatic heterocycles. The summed E-state index contributed by atoms with van der Waals surface area (Å²) in [6.45, 7) is 12.4. The number of ether oxygens (including phenoxy) is 1. The molecular weight excluding hydrogens is 270 g/mol. The zero-order chi connectivity index (χ0) is 16.2. The van der Waals surface area contributed by atoms with Gasteiger partial charge in [0, 0.05) is 12.5 Å². The summed E-state index contributed by atoms with van der Waals surface area (Å²) < 4.78 is 5.75. The van der Waals surface area contributed by atoms with Gasteiger partial charge in [-0.1, -0.05) is 13.8 Å². The summed E-state index contributed by atoms with van der Waals surface area (Å²) in [6, 6.07) is -0.667. The van der Waals surface area contributed by atoms with Gasteiger partial charge >= 0.3 is 5.97 Å². The highest BCUT2D eigenvalue weighted by atomic mass is 16.5. The molecule has 0 aromatic carbocycles. The Morgan fingerprint density at radius 1 is 1.38 bits per heavy atom. The molecule has 1 amide bonds. The van der Waals surface area contributed by atoms with Gasteiger partial charge < -0.3 is 14.7 Å². The molecule has 1 heterocycles. The van der Waals surface area contributed by atoms with E-state index in [1.54, 1.807) is 4.90 Å². The highest BCUT2D eigenvalue weighted by Gasteiger charge is 2.69. The molecule has 4 atom stereocenters. The van der Waals surface area contributed by atoms with Crippen molar-refractivity contribution in [3.05, 3.63) is 0 Å². The largest absolute Gasteiger partial charge is 0.480 e. The molecule has 1 aliphatic carbocycles. The Bertz CT molecular complexity index is 452. The molecule has 21 heavy (non-hydrogen) atoms. The lowest BCUT2D eigenvalue weighted by atomic mass is 10.0. The van der Waals surface area contributed by atoms with E-state index >= 15 is 0 Å². The third-order valence-electron chi connectivity index (χ3n) is 4.80. The van der Waals surface area contributed by atoms with Crippen LogP contribution in [0.1, 0.15) is 48.0 Å². The van der Waals surface area contributed by atoms with Crippen LogP contribution in [-0.2, 0) is 14.3 Å². The third kappa shape index (κ3) is 3.07. The van der Waals surface area contributed by atoms with Crippen LogP contribution in [0.25, 0.3) is 0 Å². The van der Waals surface area contributed by atoms with E-state index in [9.17, 15) is 14.7 Å². The lowest BCUT2D eigenvalue weighted by Crippen LogP contribution is -2.46. The number of carbonyl (C=O) groups excluding carboxylic acids is 1. The van der Waals surface area contributed by atoms with Gasteiger partial charge in [0.2, 0.25) is 5.91 Å². The van der Waals surface area contributed by atoms with Gasteiger partial charge in [-0.15, -0.1) is 0 Å². The average molecular weight is 297 g/mol. The van der Waals surface area contributed by atoms with Crippen LogP contribution in [0.3, 0.4) is 0 Å². The molecule has 2 fully saturated rings. The Morgan fingerprint density at radius 3 is 2.43 bits per heavy atom. The van der Waals surface area contributed by atoms with E-state index in [2.05, 4.69) is 13.8 Å². The Labute approximate surface area is 126 Å². The van der Waals surface area contributed by atoms with E-state index in [1.807, 2.05) is 27.7 Å². The molecule has 0 radical (unpaired) electrons. The number of amides is 1. The Balaban J connectivity index is 1.99. The minimum Gasteiger partial charge on any atom is -0.480 e. The number of fused-ring (bicyclic) bond motifs is 1. The second-order valence-electron chi connectivity index (χ2n) is 8.03. The minimum atomic E-state index is -0.884. The highest BCUT2D eigenvalue weighted by Crippen LogP contribution is 2.64. The Kier molecular flexibility index (Phi) is 3.85. The van der Waals surface area contributed by atoms with Gasteiger partial charge in [0.05, 0.1) is 18.1 Å². The van der Waals surface area contributed by atoms with Crippen LogP contribution in [-0.4, -0.2) is 46.2 Å². The zero-order valence-electron chi connectivity index (χ0n) is 13.8. The molecule has 0 unspecified atom stereocenters. The van der Waals surface area contributed by atoms with E-state index in [-0.39, 0.29) is 35.4 Å². The summed E-state index contributed by atoms with van der Waals surface area (Å²) in [5, 5.41) is 9.46. The van der Waals surface area contributed by atoms with Crippen molar-refractivity contribution in [2.45, 2.75) is 65.7 Å². The van der Waals surface area contributed by atoms with Crippen molar-refractivity contribution in [1.82, 2.24) is 4.90 Å². The minimum absolute atomic E-state index is 0.0490. The first-order valence-electron chi connectivity index (χ1n) is 7.65. The van der Waals surface area contributed by atoms with E-state index in [4.69, 9.17) is 4.74 Å². The van der Waals surface area contributed by atoms with Gasteiger partial charge in [-0.3, -0.25) is 4.79 Å². The predicted octanol–water partition coefficient (Wildman–Crippen LogP) is 2.15. The molecule has 0 bridgehead atoms. The fourth-order valence-corrected chi connectivity index (χ4v) is 3.83. The number of rotatable bonds is 4. The van der Waals surface area contributed by atoms with Crippen molar-refractivity contribution in [2.75, 3.05) is 6.54 Å². The second-order valence-corrected chi connectivity index (χ2v) is 8.03. The van der Waals surface area contributed by atoms with E-state index in [1.165, 1.54) is 0 Å². The van der Waals surface area contributed by atoms with Gasteiger partial charge in [-0.25, -0.2) is 4.79 Å². The first kappa shape index (κ1) is 16.3. The molecule has 5 heteroatoms. The molecule has 1 saturated carbocycles. The van der Waals surface area contributed by atoms with Crippen LogP contribution in [0.15, 0.2) is 0 Å². The lowest BCUT2D eigenvalue weighted by molar-refractivity contribution is -0.152. The summed E-state index contributed by atoms with van der Waals surface area (Å²) in [4.78, 5) is 25.5. The smallest absolute Gasteiger partial charge is 0.326 e. The first-order valence-corrected chi connectivity index (χ1v) is 7.65. The quantitative estimate of drug-likeness (QED) is 0.863. The molecule has 5 nitrogen and oxygen atoms in total. The number of likely N-dealkylation sites (tertiary alicyclic amines) is 1. The number of carboxylic acids is 1. The number of nitrogens with zero attached hydrogens (tertiary/aromatic N) is 1. The van der Waals surface area contributed by atoms with Crippen LogP contribution in [0, 0.1) is 17.3 Å². The van der Waals surface area contributed by atoms with Gasteiger partial charge in [-0.05, 0) is 39.0 Å². The summed E-state index contributed by atoms with van der Waals surface area (Å²) in [6.07, 6.45) is 0.0258. The maximum Gasteiger partial charge on any atom is 0.326 e. The predicted molar refractivity (Wildman–Crippen MR) is 78.8 cm³/mol. The van der Waals surface area contributed by atoms with E-state index < -0.39 is 12.0 Å². The number of piperidine rings is 1. The number of aliphatic carboxylic acids is 1. The van der Waals surface area contributed by atoms with Crippen molar-refractivity contribution < 1.29 is 19.4 Å². The number of hydrogen-bond donors (Lipinski definition) is 1. The SMILES string of the molecule is C[C@H](CC(=O)N1C[C@H]2[C@@H]([C@H]1C(=O)O)C2(C)C)OC(C)(C)C. The average Bonchev–Trinajstić information content (AvgIpc) is 2.69. The van der Waals surface area contributed by atoms with Crippen molar-refractivity contribution >= 4 is 11.9 Å². The normalized spacial score (nSPS) is 31.7.